The number of rotatable bonds is 4. The number of nitrogens with zero attached hydrogens (tertiary/aromatic N) is 4. The molecule has 3 rings (SSSR count). The van der Waals surface area contributed by atoms with Crippen LogP contribution in [0.1, 0.15) is 32.2 Å². The largest absolute Gasteiger partial charge is 0.479 e. The summed E-state index contributed by atoms with van der Waals surface area (Å²) < 4.78 is 8.13. The monoisotopic (exact) mass is 307 g/mol. The minimum absolute atomic E-state index is 0.402. The smallest absolute Gasteiger partial charge is 0.242 e. The van der Waals surface area contributed by atoms with Crippen LogP contribution in [0, 0.1) is 4.77 Å². The molecule has 0 amide bonds. The zero-order valence-electron chi connectivity index (χ0n) is 12.5. The fraction of sp³-hybridized carbons (Fsp3) is 0.643. The number of H-pyrrole nitrogens is 1. The third-order valence-corrected chi connectivity index (χ3v) is 4.43. The number of methoxy groups -OCH3 is 1. The fourth-order valence-electron chi connectivity index (χ4n) is 3.13. The first kappa shape index (κ1) is 14.5. The van der Waals surface area contributed by atoms with E-state index in [9.17, 15) is 0 Å². The molecule has 0 atom stereocenters. The van der Waals surface area contributed by atoms with Crippen LogP contribution in [0.4, 0.5) is 0 Å². The first-order valence-electron chi connectivity index (χ1n) is 7.46. The van der Waals surface area contributed by atoms with Crippen LogP contribution in [0.15, 0.2) is 6.33 Å². The Labute approximate surface area is 129 Å². The van der Waals surface area contributed by atoms with Gasteiger partial charge in [-0.05, 0) is 38.0 Å². The van der Waals surface area contributed by atoms with E-state index in [1.807, 2.05) is 0 Å². The molecule has 21 heavy (non-hydrogen) atoms. The summed E-state index contributed by atoms with van der Waals surface area (Å²) in [5.74, 6) is 0.549. The van der Waals surface area contributed by atoms with Crippen molar-refractivity contribution >= 4 is 23.4 Å². The molecule has 3 heterocycles. The molecule has 0 saturated carbocycles. The van der Waals surface area contributed by atoms with Gasteiger partial charge in [0, 0.05) is 19.1 Å². The number of aromatic amines is 1. The first-order valence-corrected chi connectivity index (χ1v) is 7.87. The van der Waals surface area contributed by atoms with E-state index < -0.39 is 0 Å². The van der Waals surface area contributed by atoms with E-state index in [-0.39, 0.29) is 0 Å². The van der Waals surface area contributed by atoms with Crippen molar-refractivity contribution in [3.05, 3.63) is 11.1 Å². The summed E-state index contributed by atoms with van der Waals surface area (Å²) in [4.78, 5) is 14.2. The van der Waals surface area contributed by atoms with Gasteiger partial charge < -0.3 is 14.6 Å². The van der Waals surface area contributed by atoms with Crippen molar-refractivity contribution in [2.45, 2.75) is 32.2 Å². The van der Waals surface area contributed by atoms with Crippen LogP contribution in [0.25, 0.3) is 11.2 Å². The summed E-state index contributed by atoms with van der Waals surface area (Å²) in [6, 6.07) is 0.402. The summed E-state index contributed by atoms with van der Waals surface area (Å²) in [6.07, 6.45) is 4.95. The van der Waals surface area contributed by atoms with E-state index in [0.29, 0.717) is 16.7 Å². The molecule has 0 aliphatic carbocycles. The Morgan fingerprint density at radius 1 is 1.38 bits per heavy atom. The zero-order chi connectivity index (χ0) is 14.8. The average Bonchev–Trinajstić information content (AvgIpc) is 2.84. The highest BCUT2D eigenvalue weighted by Crippen LogP contribution is 2.28. The minimum atomic E-state index is 0.402. The summed E-state index contributed by atoms with van der Waals surface area (Å²) in [5.41, 5.74) is 1.64. The zero-order valence-corrected chi connectivity index (χ0v) is 13.3. The number of likely N-dealkylation sites (tertiary alicyclic amines) is 1. The van der Waals surface area contributed by atoms with E-state index in [4.69, 9.17) is 17.0 Å². The van der Waals surface area contributed by atoms with Crippen molar-refractivity contribution in [2.75, 3.05) is 26.7 Å². The van der Waals surface area contributed by atoms with Crippen molar-refractivity contribution in [2.24, 2.45) is 0 Å². The van der Waals surface area contributed by atoms with E-state index in [2.05, 4.69) is 31.3 Å². The number of hydrogen-bond acceptors (Lipinski definition) is 5. The Hall–Kier alpha value is -1.47. The molecule has 114 valence electrons. The molecule has 1 aliphatic rings. The molecule has 1 aliphatic heterocycles. The molecule has 0 unspecified atom stereocenters. The molecule has 1 saturated heterocycles. The lowest BCUT2D eigenvalue weighted by Crippen LogP contribution is -2.35. The van der Waals surface area contributed by atoms with Crippen molar-refractivity contribution in [3.8, 4) is 5.88 Å². The normalized spacial score (nSPS) is 17.4. The van der Waals surface area contributed by atoms with Gasteiger partial charge in [-0.2, -0.15) is 4.98 Å². The average molecular weight is 307 g/mol. The summed E-state index contributed by atoms with van der Waals surface area (Å²) in [6.45, 7) is 5.65. The van der Waals surface area contributed by atoms with Gasteiger partial charge in [-0.25, -0.2) is 4.98 Å². The van der Waals surface area contributed by atoms with Gasteiger partial charge in [0.1, 0.15) is 11.8 Å². The molecule has 0 aromatic carbocycles. The standard InChI is InChI=1S/C14H21N5OS/c1-3-6-18-7-4-10(5-8-18)19-12-11(17-14(19)21)13(20-2)16-9-15-12/h9-10H,3-8H2,1-2H3,(H,17,21). The Balaban J connectivity index is 1.91. The van der Waals surface area contributed by atoms with Gasteiger partial charge in [0.25, 0.3) is 0 Å². The van der Waals surface area contributed by atoms with Gasteiger partial charge in [-0.15, -0.1) is 0 Å². The molecule has 1 fully saturated rings. The van der Waals surface area contributed by atoms with Crippen LogP contribution >= 0.6 is 12.2 Å². The lowest BCUT2D eigenvalue weighted by Gasteiger charge is -2.32. The van der Waals surface area contributed by atoms with Crippen molar-refractivity contribution in [3.63, 3.8) is 0 Å². The van der Waals surface area contributed by atoms with E-state index in [1.54, 1.807) is 7.11 Å². The number of aromatic nitrogens is 4. The van der Waals surface area contributed by atoms with Crippen LogP contribution in [0.5, 0.6) is 5.88 Å². The van der Waals surface area contributed by atoms with Crippen molar-refractivity contribution < 1.29 is 4.74 Å². The highest BCUT2D eigenvalue weighted by Gasteiger charge is 2.23. The predicted molar refractivity (Wildman–Crippen MR) is 84.3 cm³/mol. The van der Waals surface area contributed by atoms with Crippen LogP contribution < -0.4 is 4.74 Å². The van der Waals surface area contributed by atoms with Gasteiger partial charge in [0.15, 0.2) is 10.4 Å². The minimum Gasteiger partial charge on any atom is -0.479 e. The second-order valence-corrected chi connectivity index (χ2v) is 5.84. The highest BCUT2D eigenvalue weighted by molar-refractivity contribution is 7.71. The number of fused-ring (bicyclic) bond motifs is 1. The summed E-state index contributed by atoms with van der Waals surface area (Å²) in [7, 11) is 1.61. The SMILES string of the molecule is CCCN1CCC(n2c(=S)[nH]c3c(OC)ncnc32)CC1. The maximum atomic E-state index is 5.49. The predicted octanol–water partition coefficient (Wildman–Crippen LogP) is 2.54. The molecule has 0 radical (unpaired) electrons. The quantitative estimate of drug-likeness (QED) is 0.880. The topological polar surface area (TPSA) is 59.0 Å². The van der Waals surface area contributed by atoms with Crippen molar-refractivity contribution in [1.82, 2.24) is 24.4 Å². The second-order valence-electron chi connectivity index (χ2n) is 5.45. The number of piperidine rings is 1. The number of nitrogens with one attached hydrogen (secondary N) is 1. The maximum Gasteiger partial charge on any atom is 0.242 e. The molecule has 0 bridgehead atoms. The van der Waals surface area contributed by atoms with E-state index >= 15 is 0 Å². The van der Waals surface area contributed by atoms with Gasteiger partial charge >= 0.3 is 0 Å². The molecular formula is C14H21N5OS. The van der Waals surface area contributed by atoms with Crippen LogP contribution in [-0.4, -0.2) is 51.2 Å². The molecule has 1 N–H and O–H groups in total. The Morgan fingerprint density at radius 3 is 2.81 bits per heavy atom. The number of ether oxygens (including phenoxy) is 1. The van der Waals surface area contributed by atoms with Crippen LogP contribution in [0.3, 0.4) is 0 Å². The first-order chi connectivity index (χ1) is 10.2. The molecule has 0 spiro atoms. The lowest BCUT2D eigenvalue weighted by molar-refractivity contribution is 0.188. The number of hydrogen-bond donors (Lipinski definition) is 1. The highest BCUT2D eigenvalue weighted by atomic mass is 32.1. The Morgan fingerprint density at radius 2 is 2.14 bits per heavy atom. The van der Waals surface area contributed by atoms with E-state index in [1.165, 1.54) is 19.3 Å². The molecule has 7 heteroatoms. The summed E-state index contributed by atoms with van der Waals surface area (Å²) in [5, 5.41) is 0. The summed E-state index contributed by atoms with van der Waals surface area (Å²) >= 11 is 5.49. The molecule has 2 aromatic heterocycles. The fourth-order valence-corrected chi connectivity index (χ4v) is 3.46. The third-order valence-electron chi connectivity index (χ3n) is 4.13. The van der Waals surface area contributed by atoms with Gasteiger partial charge in [-0.3, -0.25) is 4.57 Å². The lowest BCUT2D eigenvalue weighted by atomic mass is 10.0. The second kappa shape index (κ2) is 6.11. The molecule has 2 aromatic rings. The van der Waals surface area contributed by atoms with Crippen LogP contribution in [0.2, 0.25) is 0 Å². The van der Waals surface area contributed by atoms with Gasteiger partial charge in [-0.1, -0.05) is 6.92 Å². The molecule has 6 nitrogen and oxygen atoms in total. The maximum absolute atomic E-state index is 5.49. The Kier molecular flexibility index (Phi) is 4.21. The van der Waals surface area contributed by atoms with Crippen molar-refractivity contribution in [1.29, 1.82) is 0 Å². The number of imidazole rings is 1. The van der Waals surface area contributed by atoms with E-state index in [0.717, 1.165) is 37.1 Å². The van der Waals surface area contributed by atoms with Crippen LogP contribution in [-0.2, 0) is 0 Å². The Bertz CT molecular complexity index is 672. The third kappa shape index (κ3) is 2.67. The van der Waals surface area contributed by atoms with Gasteiger partial charge in [0.05, 0.1) is 7.11 Å². The van der Waals surface area contributed by atoms with Gasteiger partial charge in [0.2, 0.25) is 5.88 Å². The molecular weight excluding hydrogens is 286 g/mol.